The molecule has 0 bridgehead atoms. The van der Waals surface area contributed by atoms with Crippen LogP contribution >= 0.6 is 11.3 Å². The van der Waals surface area contributed by atoms with Gasteiger partial charge in [-0.25, -0.2) is 4.98 Å². The van der Waals surface area contributed by atoms with Crippen LogP contribution in [0.2, 0.25) is 0 Å². The van der Waals surface area contributed by atoms with E-state index in [9.17, 15) is 4.79 Å². The number of aromatic nitrogens is 1. The summed E-state index contributed by atoms with van der Waals surface area (Å²) in [5.41, 5.74) is 0.404. The first-order valence-corrected chi connectivity index (χ1v) is 7.19. The first kappa shape index (κ1) is 13.5. The maximum absolute atomic E-state index is 11.7. The molecule has 2 heterocycles. The molecule has 1 unspecified atom stereocenters. The van der Waals surface area contributed by atoms with Gasteiger partial charge >= 0.3 is 5.97 Å². The number of hydrogen-bond acceptors (Lipinski definition) is 5. The number of nitrogens with zero attached hydrogens (tertiary/aromatic N) is 1. The quantitative estimate of drug-likeness (QED) is 0.853. The standard InChI is InChI=1S/C13H20N2O2S/c1-13(2,3)17-11(16)6-10-8-18-12(15-10)9-4-5-14-7-9/h8-9,14H,4-7H2,1-3H3. The summed E-state index contributed by atoms with van der Waals surface area (Å²) in [5.74, 6) is 0.311. The van der Waals surface area contributed by atoms with Crippen LogP contribution in [0.1, 0.15) is 43.8 Å². The van der Waals surface area contributed by atoms with Crippen molar-refractivity contribution in [3.05, 3.63) is 16.1 Å². The van der Waals surface area contributed by atoms with Crippen LogP contribution in [0.15, 0.2) is 5.38 Å². The van der Waals surface area contributed by atoms with E-state index in [1.165, 1.54) is 0 Å². The largest absolute Gasteiger partial charge is 0.460 e. The molecule has 18 heavy (non-hydrogen) atoms. The Labute approximate surface area is 112 Å². The molecule has 1 aromatic heterocycles. The number of esters is 1. The van der Waals surface area contributed by atoms with Crippen molar-refractivity contribution in [3.63, 3.8) is 0 Å². The van der Waals surface area contributed by atoms with Crippen molar-refractivity contribution in [3.8, 4) is 0 Å². The predicted octanol–water partition coefficient (Wildman–Crippen LogP) is 2.10. The van der Waals surface area contributed by atoms with Gasteiger partial charge in [0.1, 0.15) is 5.60 Å². The van der Waals surface area contributed by atoms with E-state index in [4.69, 9.17) is 4.74 Å². The van der Waals surface area contributed by atoms with E-state index in [1.807, 2.05) is 26.2 Å². The number of carbonyl (C=O) groups excluding carboxylic acids is 1. The van der Waals surface area contributed by atoms with Crippen LogP contribution < -0.4 is 5.32 Å². The minimum Gasteiger partial charge on any atom is -0.460 e. The molecule has 1 saturated heterocycles. The minimum atomic E-state index is -0.425. The lowest BCUT2D eigenvalue weighted by Crippen LogP contribution is -2.25. The summed E-state index contributed by atoms with van der Waals surface area (Å²) < 4.78 is 5.29. The van der Waals surface area contributed by atoms with Crippen LogP contribution in [0.4, 0.5) is 0 Å². The van der Waals surface area contributed by atoms with Crippen molar-refractivity contribution in [2.24, 2.45) is 0 Å². The Balaban J connectivity index is 1.92. The van der Waals surface area contributed by atoms with Gasteiger partial charge in [0, 0.05) is 17.8 Å². The lowest BCUT2D eigenvalue weighted by Gasteiger charge is -2.18. The van der Waals surface area contributed by atoms with Crippen molar-refractivity contribution >= 4 is 17.3 Å². The van der Waals surface area contributed by atoms with Gasteiger partial charge < -0.3 is 10.1 Å². The minimum absolute atomic E-state index is 0.205. The number of nitrogens with one attached hydrogen (secondary N) is 1. The summed E-state index contributed by atoms with van der Waals surface area (Å²) in [6.07, 6.45) is 1.41. The molecule has 1 fully saturated rings. The second kappa shape index (κ2) is 5.36. The summed E-state index contributed by atoms with van der Waals surface area (Å²) in [4.78, 5) is 16.2. The Morgan fingerprint density at radius 2 is 2.39 bits per heavy atom. The molecule has 0 saturated carbocycles. The lowest BCUT2D eigenvalue weighted by atomic mass is 10.1. The van der Waals surface area contributed by atoms with Gasteiger partial charge in [-0.1, -0.05) is 0 Å². The molecule has 4 nitrogen and oxygen atoms in total. The molecule has 2 rings (SSSR count). The summed E-state index contributed by atoms with van der Waals surface area (Å²) in [6.45, 7) is 7.69. The van der Waals surface area contributed by atoms with E-state index >= 15 is 0 Å². The molecule has 1 atom stereocenters. The zero-order chi connectivity index (χ0) is 13.2. The van der Waals surface area contributed by atoms with E-state index in [0.717, 1.165) is 30.2 Å². The second-order valence-corrected chi connectivity index (χ2v) is 6.52. The molecule has 5 heteroatoms. The van der Waals surface area contributed by atoms with Gasteiger partial charge in [0.2, 0.25) is 0 Å². The van der Waals surface area contributed by atoms with E-state index in [-0.39, 0.29) is 12.4 Å². The molecular weight excluding hydrogens is 248 g/mol. The zero-order valence-electron chi connectivity index (χ0n) is 11.2. The normalized spacial score (nSPS) is 20.1. The fourth-order valence-corrected chi connectivity index (χ4v) is 2.94. The highest BCUT2D eigenvalue weighted by molar-refractivity contribution is 7.09. The highest BCUT2D eigenvalue weighted by atomic mass is 32.1. The Hall–Kier alpha value is -0.940. The second-order valence-electron chi connectivity index (χ2n) is 5.63. The van der Waals surface area contributed by atoms with Crippen molar-refractivity contribution in [1.82, 2.24) is 10.3 Å². The Morgan fingerprint density at radius 3 is 3.00 bits per heavy atom. The SMILES string of the molecule is CC(C)(C)OC(=O)Cc1csc(C2CCNC2)n1. The van der Waals surface area contributed by atoms with Crippen LogP contribution in [0.25, 0.3) is 0 Å². The highest BCUT2D eigenvalue weighted by Gasteiger charge is 2.21. The van der Waals surface area contributed by atoms with Crippen LogP contribution in [-0.2, 0) is 16.0 Å². The van der Waals surface area contributed by atoms with Crippen molar-refractivity contribution in [2.45, 2.75) is 45.1 Å². The van der Waals surface area contributed by atoms with Crippen LogP contribution in [0, 0.1) is 0 Å². The highest BCUT2D eigenvalue weighted by Crippen LogP contribution is 2.25. The Morgan fingerprint density at radius 1 is 1.61 bits per heavy atom. The van der Waals surface area contributed by atoms with Gasteiger partial charge in [-0.05, 0) is 33.7 Å². The van der Waals surface area contributed by atoms with Gasteiger partial charge in [0.15, 0.2) is 0 Å². The number of ether oxygens (including phenoxy) is 1. The summed E-state index contributed by atoms with van der Waals surface area (Å²) in [6, 6.07) is 0. The monoisotopic (exact) mass is 268 g/mol. The first-order chi connectivity index (χ1) is 8.44. The molecule has 1 aromatic rings. The average Bonchev–Trinajstić information content (AvgIpc) is 2.82. The van der Waals surface area contributed by atoms with Gasteiger partial charge in [-0.15, -0.1) is 11.3 Å². The predicted molar refractivity (Wildman–Crippen MR) is 71.9 cm³/mol. The fourth-order valence-electron chi connectivity index (χ4n) is 1.98. The zero-order valence-corrected chi connectivity index (χ0v) is 12.0. The van der Waals surface area contributed by atoms with Crippen molar-refractivity contribution < 1.29 is 9.53 Å². The van der Waals surface area contributed by atoms with Gasteiger partial charge in [-0.3, -0.25) is 4.79 Å². The van der Waals surface area contributed by atoms with Gasteiger partial charge in [-0.2, -0.15) is 0 Å². The third-order valence-electron chi connectivity index (χ3n) is 2.72. The van der Waals surface area contributed by atoms with Crippen molar-refractivity contribution in [2.75, 3.05) is 13.1 Å². The summed E-state index contributed by atoms with van der Waals surface area (Å²) >= 11 is 1.65. The summed E-state index contributed by atoms with van der Waals surface area (Å²) in [7, 11) is 0. The molecule has 0 aliphatic carbocycles. The Kier molecular flexibility index (Phi) is 4.02. The summed E-state index contributed by atoms with van der Waals surface area (Å²) in [5, 5.41) is 6.43. The third-order valence-corrected chi connectivity index (χ3v) is 3.78. The smallest absolute Gasteiger partial charge is 0.312 e. The molecule has 0 amide bonds. The van der Waals surface area contributed by atoms with Gasteiger partial charge in [0.25, 0.3) is 0 Å². The lowest BCUT2D eigenvalue weighted by molar-refractivity contribution is -0.153. The molecule has 100 valence electrons. The van der Waals surface area contributed by atoms with Crippen LogP contribution in [0.3, 0.4) is 0 Å². The average molecular weight is 268 g/mol. The molecule has 0 aromatic carbocycles. The molecule has 0 spiro atoms. The van der Waals surface area contributed by atoms with E-state index in [1.54, 1.807) is 11.3 Å². The van der Waals surface area contributed by atoms with Crippen LogP contribution in [-0.4, -0.2) is 29.6 Å². The number of thiazole rings is 1. The third kappa shape index (κ3) is 3.78. The van der Waals surface area contributed by atoms with Gasteiger partial charge in [0.05, 0.1) is 17.1 Å². The van der Waals surface area contributed by atoms with E-state index in [0.29, 0.717) is 5.92 Å². The van der Waals surface area contributed by atoms with Crippen molar-refractivity contribution in [1.29, 1.82) is 0 Å². The maximum atomic E-state index is 11.7. The van der Waals surface area contributed by atoms with E-state index in [2.05, 4.69) is 10.3 Å². The number of carbonyl (C=O) groups is 1. The maximum Gasteiger partial charge on any atom is 0.312 e. The number of rotatable bonds is 3. The van der Waals surface area contributed by atoms with E-state index < -0.39 is 5.60 Å². The first-order valence-electron chi connectivity index (χ1n) is 6.31. The molecular formula is C13H20N2O2S. The molecule has 1 N–H and O–H groups in total. The Bertz CT molecular complexity index is 417. The molecule has 1 aliphatic rings. The molecule has 0 radical (unpaired) electrons. The fraction of sp³-hybridized carbons (Fsp3) is 0.692. The number of hydrogen-bond donors (Lipinski definition) is 1. The van der Waals surface area contributed by atoms with Crippen LogP contribution in [0.5, 0.6) is 0 Å². The molecule has 1 aliphatic heterocycles. The topological polar surface area (TPSA) is 51.2 Å².